The van der Waals surface area contributed by atoms with Crippen molar-refractivity contribution in [1.29, 1.82) is 0 Å². The molecule has 0 saturated carbocycles. The van der Waals surface area contributed by atoms with Gasteiger partial charge < -0.3 is 9.84 Å². The Labute approximate surface area is 151 Å². The van der Waals surface area contributed by atoms with Crippen LogP contribution in [0.3, 0.4) is 0 Å². The molecule has 10 heteroatoms. The maximum atomic E-state index is 11.7. The second kappa shape index (κ2) is 8.32. The first-order chi connectivity index (χ1) is 11.9. The van der Waals surface area contributed by atoms with Gasteiger partial charge in [0.25, 0.3) is 5.91 Å². The van der Waals surface area contributed by atoms with Crippen LogP contribution in [0, 0.1) is 10.1 Å². The summed E-state index contributed by atoms with van der Waals surface area (Å²) in [6.45, 7) is -0.344. The van der Waals surface area contributed by atoms with Crippen molar-refractivity contribution < 1.29 is 19.6 Å². The fourth-order valence-electron chi connectivity index (χ4n) is 1.75. The van der Waals surface area contributed by atoms with E-state index in [-0.39, 0.29) is 17.2 Å². The van der Waals surface area contributed by atoms with Gasteiger partial charge in [0.2, 0.25) is 5.75 Å². The van der Waals surface area contributed by atoms with Crippen LogP contribution < -0.4 is 10.2 Å². The number of nitrogens with one attached hydrogen (secondary N) is 1. The molecule has 25 heavy (non-hydrogen) atoms. The lowest BCUT2D eigenvalue weighted by atomic mass is 10.2. The Morgan fingerprint density at radius 2 is 2.08 bits per heavy atom. The molecule has 0 aliphatic carbocycles. The number of ether oxygens (including phenoxy) is 1. The number of hydrogen-bond donors (Lipinski definition) is 2. The van der Waals surface area contributed by atoms with Crippen molar-refractivity contribution in [1.82, 2.24) is 5.43 Å². The summed E-state index contributed by atoms with van der Waals surface area (Å²) >= 11 is 11.6. The number of para-hydroxylation sites is 1. The van der Waals surface area contributed by atoms with Crippen LogP contribution in [0.5, 0.6) is 11.5 Å². The number of phenolic OH excluding ortho intramolecular Hbond substituents is 1. The molecule has 0 heterocycles. The van der Waals surface area contributed by atoms with Crippen molar-refractivity contribution in [3.05, 3.63) is 62.1 Å². The van der Waals surface area contributed by atoms with E-state index in [2.05, 4.69) is 10.5 Å². The number of benzene rings is 2. The predicted molar refractivity (Wildman–Crippen MR) is 92.5 cm³/mol. The highest BCUT2D eigenvalue weighted by Crippen LogP contribution is 2.32. The monoisotopic (exact) mass is 383 g/mol. The fraction of sp³-hybridized carbons (Fsp3) is 0.0667. The zero-order valence-corrected chi connectivity index (χ0v) is 14.0. The third-order valence-electron chi connectivity index (χ3n) is 2.87. The van der Waals surface area contributed by atoms with Crippen LogP contribution in [0.15, 0.2) is 41.5 Å². The Morgan fingerprint density at radius 1 is 1.36 bits per heavy atom. The molecule has 0 saturated heterocycles. The lowest BCUT2D eigenvalue weighted by molar-refractivity contribution is -0.385. The van der Waals surface area contributed by atoms with Crippen LogP contribution in [0.25, 0.3) is 0 Å². The van der Waals surface area contributed by atoms with Gasteiger partial charge in [-0.25, -0.2) is 5.43 Å². The zero-order valence-electron chi connectivity index (χ0n) is 12.5. The molecule has 0 radical (unpaired) electrons. The Hall–Kier alpha value is -2.84. The van der Waals surface area contributed by atoms with Gasteiger partial charge in [-0.2, -0.15) is 5.10 Å². The number of aromatic hydroxyl groups is 1. The van der Waals surface area contributed by atoms with Crippen molar-refractivity contribution in [2.75, 3.05) is 6.61 Å². The molecule has 2 N–H and O–H groups in total. The summed E-state index contributed by atoms with van der Waals surface area (Å²) < 4.78 is 5.22. The van der Waals surface area contributed by atoms with E-state index in [0.717, 1.165) is 12.3 Å². The number of nitrogens with zero attached hydrogens (tertiary/aromatic N) is 2. The van der Waals surface area contributed by atoms with E-state index in [1.165, 1.54) is 6.07 Å². The second-order valence-corrected chi connectivity index (χ2v) is 5.48. The average Bonchev–Trinajstić information content (AvgIpc) is 2.56. The number of hydrogen-bond acceptors (Lipinski definition) is 6. The van der Waals surface area contributed by atoms with E-state index >= 15 is 0 Å². The van der Waals surface area contributed by atoms with Gasteiger partial charge >= 0.3 is 5.69 Å². The number of rotatable bonds is 6. The van der Waals surface area contributed by atoms with Gasteiger partial charge in [0, 0.05) is 16.7 Å². The highest BCUT2D eigenvalue weighted by Gasteiger charge is 2.17. The molecule has 0 spiro atoms. The minimum Gasteiger partial charge on any atom is -0.502 e. The van der Waals surface area contributed by atoms with Crippen molar-refractivity contribution in [3.8, 4) is 11.5 Å². The Kier molecular flexibility index (Phi) is 6.15. The molecule has 8 nitrogen and oxygen atoms in total. The number of nitro benzene ring substituents is 1. The summed E-state index contributed by atoms with van der Waals surface area (Å²) in [5.74, 6) is -0.863. The number of phenols is 1. The van der Waals surface area contributed by atoms with Crippen LogP contribution in [0.2, 0.25) is 10.0 Å². The smallest absolute Gasteiger partial charge is 0.312 e. The summed E-state index contributed by atoms with van der Waals surface area (Å²) in [5.41, 5.74) is 1.57. The summed E-state index contributed by atoms with van der Waals surface area (Å²) in [7, 11) is 0. The first kappa shape index (κ1) is 18.5. The van der Waals surface area contributed by atoms with Crippen LogP contribution in [0.1, 0.15) is 5.56 Å². The lowest BCUT2D eigenvalue weighted by Gasteiger charge is -2.06. The summed E-state index contributed by atoms with van der Waals surface area (Å²) in [6, 6.07) is 8.90. The third-order valence-corrected chi connectivity index (χ3v) is 3.40. The molecule has 0 bridgehead atoms. The minimum absolute atomic E-state index is 0.0217. The van der Waals surface area contributed by atoms with Gasteiger partial charge in [-0.15, -0.1) is 0 Å². The highest BCUT2D eigenvalue weighted by atomic mass is 35.5. The summed E-state index contributed by atoms with van der Waals surface area (Å²) in [5, 5.41) is 24.6. The van der Waals surface area contributed by atoms with Gasteiger partial charge in [0.05, 0.1) is 16.2 Å². The van der Waals surface area contributed by atoms with Gasteiger partial charge in [-0.1, -0.05) is 35.3 Å². The fourth-order valence-corrected chi connectivity index (χ4v) is 2.17. The number of halogens is 2. The van der Waals surface area contributed by atoms with E-state index in [1.54, 1.807) is 24.3 Å². The van der Waals surface area contributed by atoms with Gasteiger partial charge in [0.15, 0.2) is 6.61 Å². The molecule has 0 unspecified atom stereocenters. The van der Waals surface area contributed by atoms with E-state index in [0.29, 0.717) is 10.8 Å². The Balaban J connectivity index is 1.98. The molecular formula is C15H11Cl2N3O5. The van der Waals surface area contributed by atoms with Crippen molar-refractivity contribution >= 4 is 41.0 Å². The average molecular weight is 384 g/mol. The van der Waals surface area contributed by atoms with E-state index < -0.39 is 22.3 Å². The molecule has 2 aromatic carbocycles. The predicted octanol–water partition coefficient (Wildman–Crippen LogP) is 3.14. The van der Waals surface area contributed by atoms with E-state index in [4.69, 9.17) is 27.9 Å². The van der Waals surface area contributed by atoms with Crippen molar-refractivity contribution in [2.24, 2.45) is 5.10 Å². The molecule has 0 aliphatic heterocycles. The minimum atomic E-state index is -0.783. The van der Waals surface area contributed by atoms with Crippen LogP contribution >= 0.6 is 23.2 Å². The molecular weight excluding hydrogens is 373 g/mol. The SMILES string of the molecule is O=C(COc1ccccc1Cl)N/N=C/c1cc(Cl)cc([N+](=O)[O-])c1O. The molecule has 0 atom stereocenters. The van der Waals surface area contributed by atoms with Gasteiger partial charge in [-0.05, 0) is 18.2 Å². The lowest BCUT2D eigenvalue weighted by Crippen LogP contribution is -2.24. The largest absolute Gasteiger partial charge is 0.502 e. The van der Waals surface area contributed by atoms with E-state index in [9.17, 15) is 20.0 Å². The van der Waals surface area contributed by atoms with E-state index in [1.807, 2.05) is 0 Å². The molecule has 2 aromatic rings. The summed E-state index contributed by atoms with van der Waals surface area (Å²) in [6.07, 6.45) is 1.03. The zero-order chi connectivity index (χ0) is 18.4. The molecule has 1 amide bonds. The summed E-state index contributed by atoms with van der Waals surface area (Å²) in [4.78, 5) is 21.7. The Bertz CT molecular complexity index is 842. The van der Waals surface area contributed by atoms with Crippen molar-refractivity contribution in [2.45, 2.75) is 0 Å². The van der Waals surface area contributed by atoms with Gasteiger partial charge in [0.1, 0.15) is 5.75 Å². The van der Waals surface area contributed by atoms with Crippen LogP contribution in [-0.2, 0) is 4.79 Å². The maximum Gasteiger partial charge on any atom is 0.312 e. The first-order valence-corrected chi connectivity index (χ1v) is 7.50. The molecule has 0 aliphatic rings. The quantitative estimate of drug-likeness (QED) is 0.451. The standard InChI is InChI=1S/C15H11Cl2N3O5/c16-10-5-9(15(22)12(6-10)20(23)24)7-18-19-14(21)8-25-13-4-2-1-3-11(13)17/h1-7,22H,8H2,(H,19,21)/b18-7+. The number of hydrazone groups is 1. The molecule has 2 rings (SSSR count). The van der Waals surface area contributed by atoms with Crippen LogP contribution in [0.4, 0.5) is 5.69 Å². The van der Waals surface area contributed by atoms with Crippen molar-refractivity contribution in [3.63, 3.8) is 0 Å². The molecule has 0 fully saturated rings. The molecule has 130 valence electrons. The third kappa shape index (κ3) is 5.07. The molecule has 0 aromatic heterocycles. The first-order valence-electron chi connectivity index (χ1n) is 6.74. The normalized spacial score (nSPS) is 10.6. The number of nitro groups is 1. The highest BCUT2D eigenvalue weighted by molar-refractivity contribution is 6.32. The maximum absolute atomic E-state index is 11.7. The van der Waals surface area contributed by atoms with Crippen LogP contribution in [-0.4, -0.2) is 28.8 Å². The number of amides is 1. The Morgan fingerprint density at radius 3 is 2.76 bits per heavy atom. The second-order valence-electron chi connectivity index (χ2n) is 4.63. The topological polar surface area (TPSA) is 114 Å². The number of carbonyl (C=O) groups excluding carboxylic acids is 1. The van der Waals surface area contributed by atoms with Gasteiger partial charge in [-0.3, -0.25) is 14.9 Å². The number of carbonyl (C=O) groups is 1.